The average Bonchev–Trinajstić information content (AvgIpc) is 2.83. The fourth-order valence-corrected chi connectivity index (χ4v) is 3.12. The van der Waals surface area contributed by atoms with Crippen LogP contribution in [-0.4, -0.2) is 32.3 Å². The Balaban J connectivity index is 2.48. The maximum absolute atomic E-state index is 13.7. The van der Waals surface area contributed by atoms with Crippen LogP contribution in [0.5, 0.6) is 0 Å². The lowest BCUT2D eigenvalue weighted by Gasteiger charge is -2.16. The summed E-state index contributed by atoms with van der Waals surface area (Å²) in [7, 11) is 0.970. The highest BCUT2D eigenvalue weighted by atomic mass is 35.7. The van der Waals surface area contributed by atoms with E-state index >= 15 is 0 Å². The van der Waals surface area contributed by atoms with E-state index in [0.29, 0.717) is 13.1 Å². The highest BCUT2D eigenvalue weighted by Gasteiger charge is 2.24. The third-order valence-electron chi connectivity index (χ3n) is 3.12. The van der Waals surface area contributed by atoms with Gasteiger partial charge in [-0.1, -0.05) is 0 Å². The van der Waals surface area contributed by atoms with Crippen LogP contribution in [0.2, 0.25) is 0 Å². The molecule has 0 radical (unpaired) electrons. The fraction of sp³-hybridized carbons (Fsp3) is 0.417. The number of hydrogen-bond acceptors (Lipinski definition) is 3. The standard InChI is InChI=1S/C12H13ClFNO3S/c1-8-6-9(12(16)15-4-2-3-5-15)7-10(11(8)14)19(13,17)18/h6-7H,2-5H2,1H3. The monoisotopic (exact) mass is 305 g/mol. The quantitative estimate of drug-likeness (QED) is 0.788. The van der Waals surface area contributed by atoms with Crippen LogP contribution >= 0.6 is 10.7 Å². The minimum atomic E-state index is -4.21. The van der Waals surface area contributed by atoms with E-state index in [4.69, 9.17) is 10.7 Å². The van der Waals surface area contributed by atoms with Crippen molar-refractivity contribution in [3.05, 3.63) is 29.1 Å². The number of carbonyl (C=O) groups excluding carboxylic acids is 1. The first-order chi connectivity index (χ1) is 8.80. The number of amides is 1. The van der Waals surface area contributed by atoms with Crippen molar-refractivity contribution in [2.75, 3.05) is 13.1 Å². The summed E-state index contributed by atoms with van der Waals surface area (Å²) in [6.45, 7) is 2.68. The van der Waals surface area contributed by atoms with Crippen molar-refractivity contribution in [2.45, 2.75) is 24.7 Å². The number of halogens is 2. The zero-order chi connectivity index (χ0) is 14.2. The molecule has 1 saturated heterocycles. The summed E-state index contributed by atoms with van der Waals surface area (Å²) < 4.78 is 36.3. The van der Waals surface area contributed by atoms with E-state index in [0.717, 1.165) is 18.9 Å². The molecule has 1 aliphatic rings. The summed E-state index contributed by atoms with van der Waals surface area (Å²) >= 11 is 0. The molecule has 1 aliphatic heterocycles. The predicted molar refractivity (Wildman–Crippen MR) is 69.3 cm³/mol. The summed E-state index contributed by atoms with van der Waals surface area (Å²) in [6, 6.07) is 2.35. The Bertz CT molecular complexity index is 624. The van der Waals surface area contributed by atoms with Crippen molar-refractivity contribution in [1.82, 2.24) is 4.90 Å². The Kier molecular flexibility index (Phi) is 3.82. The number of carbonyl (C=O) groups is 1. The van der Waals surface area contributed by atoms with Gasteiger partial charge in [0.1, 0.15) is 10.7 Å². The molecule has 0 saturated carbocycles. The van der Waals surface area contributed by atoms with Crippen LogP contribution in [-0.2, 0) is 9.05 Å². The van der Waals surface area contributed by atoms with Gasteiger partial charge < -0.3 is 4.90 Å². The molecule has 0 bridgehead atoms. The Hall–Kier alpha value is -1.14. The number of hydrogen-bond donors (Lipinski definition) is 0. The molecule has 19 heavy (non-hydrogen) atoms. The van der Waals surface area contributed by atoms with E-state index in [1.165, 1.54) is 13.0 Å². The summed E-state index contributed by atoms with van der Waals surface area (Å²) in [5, 5.41) is 0. The third-order valence-corrected chi connectivity index (χ3v) is 4.45. The van der Waals surface area contributed by atoms with Gasteiger partial charge in [0.2, 0.25) is 0 Å². The average molecular weight is 306 g/mol. The van der Waals surface area contributed by atoms with Crippen LogP contribution < -0.4 is 0 Å². The summed E-state index contributed by atoms with van der Waals surface area (Å²) in [5.74, 6) is -1.20. The fourth-order valence-electron chi connectivity index (χ4n) is 2.14. The summed E-state index contributed by atoms with van der Waals surface area (Å²) in [6.07, 6.45) is 1.85. The van der Waals surface area contributed by atoms with Crippen molar-refractivity contribution in [2.24, 2.45) is 0 Å². The van der Waals surface area contributed by atoms with Gasteiger partial charge in [0.15, 0.2) is 0 Å². The molecular formula is C12H13ClFNO3S. The lowest BCUT2D eigenvalue weighted by atomic mass is 10.1. The van der Waals surface area contributed by atoms with Crippen LogP contribution in [0.3, 0.4) is 0 Å². The van der Waals surface area contributed by atoms with Gasteiger partial charge in [-0.3, -0.25) is 4.79 Å². The van der Waals surface area contributed by atoms with E-state index in [2.05, 4.69) is 0 Å². The highest BCUT2D eigenvalue weighted by Crippen LogP contribution is 2.25. The number of nitrogens with zero attached hydrogens (tertiary/aromatic N) is 1. The zero-order valence-corrected chi connectivity index (χ0v) is 11.9. The van der Waals surface area contributed by atoms with Crippen LogP contribution in [0, 0.1) is 12.7 Å². The Morgan fingerprint density at radius 2 is 1.89 bits per heavy atom. The lowest BCUT2D eigenvalue weighted by Crippen LogP contribution is -2.27. The second kappa shape index (κ2) is 5.09. The van der Waals surface area contributed by atoms with Gasteiger partial charge in [-0.25, -0.2) is 12.8 Å². The second-order valence-electron chi connectivity index (χ2n) is 4.54. The molecule has 0 atom stereocenters. The zero-order valence-electron chi connectivity index (χ0n) is 10.3. The Morgan fingerprint density at radius 1 is 1.32 bits per heavy atom. The van der Waals surface area contributed by atoms with Crippen molar-refractivity contribution >= 4 is 25.6 Å². The van der Waals surface area contributed by atoms with E-state index in [1.807, 2.05) is 0 Å². The summed E-state index contributed by atoms with van der Waals surface area (Å²) in [4.78, 5) is 13.1. The first-order valence-electron chi connectivity index (χ1n) is 5.85. The van der Waals surface area contributed by atoms with Gasteiger partial charge in [0.05, 0.1) is 0 Å². The van der Waals surface area contributed by atoms with Gasteiger partial charge >= 0.3 is 0 Å². The molecule has 1 aromatic carbocycles. The number of aryl methyl sites for hydroxylation is 1. The largest absolute Gasteiger partial charge is 0.339 e. The number of benzene rings is 1. The molecule has 1 fully saturated rings. The highest BCUT2D eigenvalue weighted by molar-refractivity contribution is 8.13. The molecule has 0 spiro atoms. The van der Waals surface area contributed by atoms with Crippen molar-refractivity contribution in [3.63, 3.8) is 0 Å². The first kappa shape index (κ1) is 14.3. The van der Waals surface area contributed by atoms with Gasteiger partial charge in [0, 0.05) is 29.3 Å². The Labute approximate surface area is 115 Å². The molecule has 1 aromatic rings. The first-order valence-corrected chi connectivity index (χ1v) is 8.15. The van der Waals surface area contributed by atoms with Crippen LogP contribution in [0.4, 0.5) is 4.39 Å². The predicted octanol–water partition coefficient (Wildman–Crippen LogP) is 2.30. The van der Waals surface area contributed by atoms with Gasteiger partial charge in [0.25, 0.3) is 15.0 Å². The molecule has 0 N–H and O–H groups in total. The van der Waals surface area contributed by atoms with Gasteiger partial charge in [-0.05, 0) is 37.5 Å². The van der Waals surface area contributed by atoms with E-state index in [-0.39, 0.29) is 17.0 Å². The normalized spacial score (nSPS) is 15.8. The Morgan fingerprint density at radius 3 is 2.42 bits per heavy atom. The minimum absolute atomic E-state index is 0.0873. The molecular weight excluding hydrogens is 293 g/mol. The third kappa shape index (κ3) is 2.90. The van der Waals surface area contributed by atoms with Crippen LogP contribution in [0.1, 0.15) is 28.8 Å². The molecule has 104 valence electrons. The van der Waals surface area contributed by atoms with Gasteiger partial charge in [-0.2, -0.15) is 0 Å². The van der Waals surface area contributed by atoms with Crippen molar-refractivity contribution in [3.8, 4) is 0 Å². The summed E-state index contributed by atoms with van der Waals surface area (Å²) in [5.41, 5.74) is 0.240. The van der Waals surface area contributed by atoms with Gasteiger partial charge in [-0.15, -0.1) is 0 Å². The van der Waals surface area contributed by atoms with Crippen LogP contribution in [0.25, 0.3) is 0 Å². The molecule has 0 unspecified atom stereocenters. The number of likely N-dealkylation sites (tertiary alicyclic amines) is 1. The molecule has 1 amide bonds. The maximum Gasteiger partial charge on any atom is 0.264 e. The van der Waals surface area contributed by atoms with Crippen LogP contribution in [0.15, 0.2) is 17.0 Å². The maximum atomic E-state index is 13.7. The lowest BCUT2D eigenvalue weighted by molar-refractivity contribution is 0.0792. The number of rotatable bonds is 2. The topological polar surface area (TPSA) is 54.5 Å². The molecule has 2 rings (SSSR count). The van der Waals surface area contributed by atoms with E-state index in [9.17, 15) is 17.6 Å². The molecule has 0 aromatic heterocycles. The second-order valence-corrected chi connectivity index (χ2v) is 7.08. The van der Waals surface area contributed by atoms with E-state index < -0.39 is 19.8 Å². The molecule has 4 nitrogen and oxygen atoms in total. The molecule has 7 heteroatoms. The molecule has 1 heterocycles. The SMILES string of the molecule is Cc1cc(C(=O)N2CCCC2)cc(S(=O)(=O)Cl)c1F. The molecule has 0 aliphatic carbocycles. The van der Waals surface area contributed by atoms with E-state index in [1.54, 1.807) is 4.90 Å². The van der Waals surface area contributed by atoms with Crippen molar-refractivity contribution in [1.29, 1.82) is 0 Å². The minimum Gasteiger partial charge on any atom is -0.339 e. The smallest absolute Gasteiger partial charge is 0.264 e. The van der Waals surface area contributed by atoms with Crippen molar-refractivity contribution < 1.29 is 17.6 Å².